The van der Waals surface area contributed by atoms with E-state index in [-0.39, 0.29) is 23.4 Å². The summed E-state index contributed by atoms with van der Waals surface area (Å²) >= 11 is 2.58. The quantitative estimate of drug-likeness (QED) is 0.592. The van der Waals surface area contributed by atoms with Crippen molar-refractivity contribution in [3.63, 3.8) is 0 Å². The van der Waals surface area contributed by atoms with Crippen LogP contribution in [0.3, 0.4) is 0 Å². The molecule has 0 fully saturated rings. The molecule has 2 heterocycles. The van der Waals surface area contributed by atoms with E-state index < -0.39 is 0 Å². The van der Waals surface area contributed by atoms with Gasteiger partial charge in [0.05, 0.1) is 10.6 Å². The first-order valence-corrected chi connectivity index (χ1v) is 9.79. The Bertz CT molecular complexity index is 900. The van der Waals surface area contributed by atoms with E-state index in [4.69, 9.17) is 0 Å². The molecule has 2 aromatic heterocycles. The number of aromatic nitrogens is 2. The van der Waals surface area contributed by atoms with Crippen LogP contribution in [0.2, 0.25) is 0 Å². The lowest BCUT2D eigenvalue weighted by molar-refractivity contribution is -0.118. The predicted octanol–water partition coefficient (Wildman–Crippen LogP) is 3.34. The fourth-order valence-electron chi connectivity index (χ4n) is 2.04. The highest BCUT2D eigenvalue weighted by Gasteiger charge is 2.09. The molecule has 0 aliphatic carbocycles. The van der Waals surface area contributed by atoms with E-state index >= 15 is 0 Å². The van der Waals surface area contributed by atoms with Crippen LogP contribution in [0.1, 0.15) is 15.2 Å². The zero-order valence-corrected chi connectivity index (χ0v) is 15.6. The van der Waals surface area contributed by atoms with Crippen LogP contribution in [0.15, 0.2) is 58.9 Å². The van der Waals surface area contributed by atoms with Gasteiger partial charge in [-0.3, -0.25) is 9.59 Å². The molecular formula is C18H15FN4O2S2. The molecule has 2 N–H and O–H groups in total. The van der Waals surface area contributed by atoms with Crippen LogP contribution < -0.4 is 10.6 Å². The number of thioether (sulfide) groups is 1. The maximum atomic E-state index is 12.8. The van der Waals surface area contributed by atoms with Crippen molar-refractivity contribution >= 4 is 40.7 Å². The highest BCUT2D eigenvalue weighted by molar-refractivity contribution is 7.99. The van der Waals surface area contributed by atoms with Crippen molar-refractivity contribution in [2.24, 2.45) is 0 Å². The van der Waals surface area contributed by atoms with E-state index in [1.807, 2.05) is 5.38 Å². The van der Waals surface area contributed by atoms with Crippen molar-refractivity contribution in [3.05, 3.63) is 70.2 Å². The number of rotatable bonds is 7. The summed E-state index contributed by atoms with van der Waals surface area (Å²) in [6, 6.07) is 12.8. The lowest BCUT2D eigenvalue weighted by atomic mass is 10.2. The second-order valence-corrected chi connectivity index (χ2v) is 7.32. The predicted molar refractivity (Wildman–Crippen MR) is 103 cm³/mol. The molecule has 0 bridgehead atoms. The number of hydrogen-bond acceptors (Lipinski definition) is 6. The molecular weight excluding hydrogens is 387 g/mol. The second-order valence-electron chi connectivity index (χ2n) is 5.38. The molecule has 0 radical (unpaired) electrons. The van der Waals surface area contributed by atoms with Crippen molar-refractivity contribution < 1.29 is 14.0 Å². The Labute approximate surface area is 163 Å². The van der Waals surface area contributed by atoms with Gasteiger partial charge in [0.2, 0.25) is 5.91 Å². The van der Waals surface area contributed by atoms with E-state index in [1.165, 1.54) is 35.2 Å². The van der Waals surface area contributed by atoms with Crippen molar-refractivity contribution in [3.8, 4) is 0 Å². The summed E-state index contributed by atoms with van der Waals surface area (Å²) in [7, 11) is 0. The number of amides is 2. The van der Waals surface area contributed by atoms with Gasteiger partial charge in [-0.1, -0.05) is 30.0 Å². The fraction of sp³-hybridized carbons (Fsp3) is 0.111. The van der Waals surface area contributed by atoms with Crippen LogP contribution in [0.4, 0.5) is 10.2 Å². The maximum absolute atomic E-state index is 12.8. The van der Waals surface area contributed by atoms with E-state index in [0.717, 1.165) is 5.56 Å². The minimum atomic E-state index is -0.311. The zero-order chi connectivity index (χ0) is 19.1. The largest absolute Gasteiger partial charge is 0.351 e. The Kier molecular flexibility index (Phi) is 6.50. The molecule has 3 aromatic rings. The highest BCUT2D eigenvalue weighted by Crippen LogP contribution is 2.16. The van der Waals surface area contributed by atoms with Crippen molar-refractivity contribution in [1.29, 1.82) is 0 Å². The topological polar surface area (TPSA) is 84.0 Å². The van der Waals surface area contributed by atoms with E-state index in [1.54, 1.807) is 36.4 Å². The molecule has 0 unspecified atom stereocenters. The van der Waals surface area contributed by atoms with Gasteiger partial charge in [0.1, 0.15) is 10.8 Å². The van der Waals surface area contributed by atoms with Gasteiger partial charge >= 0.3 is 0 Å². The highest BCUT2D eigenvalue weighted by atomic mass is 32.2. The first-order chi connectivity index (χ1) is 13.1. The molecule has 2 amide bonds. The number of anilines is 1. The summed E-state index contributed by atoms with van der Waals surface area (Å²) in [4.78, 5) is 24.4. The molecule has 0 spiro atoms. The molecule has 138 valence electrons. The minimum absolute atomic E-state index is 0.166. The number of nitrogens with zero attached hydrogens (tertiary/aromatic N) is 2. The third kappa shape index (κ3) is 5.87. The Balaban J connectivity index is 1.43. The van der Waals surface area contributed by atoms with Gasteiger partial charge in [0.15, 0.2) is 5.82 Å². The molecule has 0 aliphatic rings. The summed E-state index contributed by atoms with van der Waals surface area (Å²) in [5, 5.41) is 15.7. The van der Waals surface area contributed by atoms with Gasteiger partial charge in [-0.15, -0.1) is 21.5 Å². The van der Waals surface area contributed by atoms with Crippen LogP contribution in [-0.4, -0.2) is 27.8 Å². The summed E-state index contributed by atoms with van der Waals surface area (Å²) < 4.78 is 12.8. The number of hydrogen-bond donors (Lipinski definition) is 2. The number of benzene rings is 1. The SMILES string of the molecule is O=C(CSc1ccc(NC(=O)c2cccs2)nn1)NCc1ccc(F)cc1. The summed E-state index contributed by atoms with van der Waals surface area (Å²) in [6.07, 6.45) is 0. The molecule has 0 saturated heterocycles. The molecule has 9 heteroatoms. The Morgan fingerprint density at radius 3 is 2.56 bits per heavy atom. The monoisotopic (exact) mass is 402 g/mol. The van der Waals surface area contributed by atoms with Gasteiger partial charge in [0.25, 0.3) is 5.91 Å². The van der Waals surface area contributed by atoms with Crippen molar-refractivity contribution in [1.82, 2.24) is 15.5 Å². The lowest BCUT2D eigenvalue weighted by Crippen LogP contribution is -2.24. The average Bonchev–Trinajstić information content (AvgIpc) is 3.22. The number of thiophene rings is 1. The van der Waals surface area contributed by atoms with Gasteiger partial charge in [0, 0.05) is 6.54 Å². The van der Waals surface area contributed by atoms with E-state index in [9.17, 15) is 14.0 Å². The lowest BCUT2D eigenvalue weighted by Gasteiger charge is -2.06. The van der Waals surface area contributed by atoms with Crippen molar-refractivity contribution in [2.75, 3.05) is 11.1 Å². The maximum Gasteiger partial charge on any atom is 0.266 e. The molecule has 0 aliphatic heterocycles. The molecule has 0 saturated carbocycles. The molecule has 0 atom stereocenters. The van der Waals surface area contributed by atoms with E-state index in [2.05, 4.69) is 20.8 Å². The fourth-order valence-corrected chi connectivity index (χ4v) is 3.31. The third-order valence-corrected chi connectivity index (χ3v) is 5.17. The van der Waals surface area contributed by atoms with E-state index in [0.29, 0.717) is 22.3 Å². The smallest absolute Gasteiger partial charge is 0.266 e. The van der Waals surface area contributed by atoms with Crippen LogP contribution >= 0.6 is 23.1 Å². The van der Waals surface area contributed by atoms with Crippen LogP contribution in [0, 0.1) is 5.82 Å². The summed E-state index contributed by atoms with van der Waals surface area (Å²) in [5.74, 6) is -0.189. The molecule has 1 aromatic carbocycles. The molecule has 6 nitrogen and oxygen atoms in total. The van der Waals surface area contributed by atoms with Crippen LogP contribution in [-0.2, 0) is 11.3 Å². The Morgan fingerprint density at radius 1 is 1.07 bits per heavy atom. The van der Waals surface area contributed by atoms with Gasteiger partial charge in [-0.25, -0.2) is 4.39 Å². The molecule has 27 heavy (non-hydrogen) atoms. The van der Waals surface area contributed by atoms with Crippen LogP contribution in [0.25, 0.3) is 0 Å². The Hall–Kier alpha value is -2.78. The second kappa shape index (κ2) is 9.24. The number of nitrogens with one attached hydrogen (secondary N) is 2. The number of halogens is 1. The first-order valence-electron chi connectivity index (χ1n) is 7.93. The van der Waals surface area contributed by atoms with Gasteiger partial charge in [-0.05, 0) is 41.3 Å². The van der Waals surface area contributed by atoms with Crippen LogP contribution in [0.5, 0.6) is 0 Å². The van der Waals surface area contributed by atoms with Gasteiger partial charge < -0.3 is 10.6 Å². The number of carbonyl (C=O) groups excluding carboxylic acids is 2. The summed E-state index contributed by atoms with van der Waals surface area (Å²) in [6.45, 7) is 0.332. The van der Waals surface area contributed by atoms with Gasteiger partial charge in [-0.2, -0.15) is 0 Å². The van der Waals surface area contributed by atoms with Crippen molar-refractivity contribution in [2.45, 2.75) is 11.6 Å². The summed E-state index contributed by atoms with van der Waals surface area (Å²) in [5.41, 5.74) is 0.820. The zero-order valence-electron chi connectivity index (χ0n) is 14.0. The third-order valence-electron chi connectivity index (χ3n) is 3.38. The molecule has 3 rings (SSSR count). The number of carbonyl (C=O) groups is 2. The average molecular weight is 402 g/mol. The first kappa shape index (κ1) is 19.0. The normalized spacial score (nSPS) is 10.4. The minimum Gasteiger partial charge on any atom is -0.351 e. The Morgan fingerprint density at radius 2 is 1.89 bits per heavy atom. The standard InChI is InChI=1S/C18H15FN4O2S2/c19-13-5-3-12(4-6-13)10-20-16(24)11-27-17-8-7-15(22-23-17)21-18(25)14-2-1-9-26-14/h1-9H,10-11H2,(H,20,24)(H,21,22,25).